The van der Waals surface area contributed by atoms with Crippen molar-refractivity contribution in [3.63, 3.8) is 0 Å². The Morgan fingerprint density at radius 2 is 1.08 bits per heavy atom. The molecule has 0 radical (unpaired) electrons. The molecule has 0 aliphatic carbocycles. The number of pyridine rings is 2. The summed E-state index contributed by atoms with van der Waals surface area (Å²) in [5, 5.41) is 47.3. The zero-order valence-corrected chi connectivity index (χ0v) is 34.6. The largest absolute Gasteiger partial charge is 0.494 e. The van der Waals surface area contributed by atoms with Crippen molar-refractivity contribution in [1.82, 2.24) is 34.6 Å². The lowest BCUT2D eigenvalue weighted by molar-refractivity contribution is -0.138. The molecule has 0 bridgehead atoms. The SMILES string of the molecule is CN(CCCn1cc2c(c1O)[C@@H](c1ccc(C#N)nc1)NC(=O)N2c1cccc(C(F)(F)F)c1)CCCn1cc2c(c1O)[C@@H](c1ccc(C#N)nc1)NC(=O)N2c1cccc(C(F)(F)F)c1. The summed E-state index contributed by atoms with van der Waals surface area (Å²) in [6.45, 7) is 1.39. The van der Waals surface area contributed by atoms with Gasteiger partial charge < -0.3 is 34.9 Å². The monoisotopic (exact) mass is 909 g/mol. The Kier molecular flexibility index (Phi) is 11.8. The highest BCUT2D eigenvalue weighted by Gasteiger charge is 2.41. The second-order valence-electron chi connectivity index (χ2n) is 15.6. The molecule has 6 aromatic rings. The quantitative estimate of drug-likeness (QED) is 0.0871. The Hall–Kier alpha value is -8.04. The van der Waals surface area contributed by atoms with Crippen molar-refractivity contribution in [1.29, 1.82) is 10.5 Å². The molecule has 21 heteroatoms. The molecule has 0 spiro atoms. The third-order valence-corrected chi connectivity index (χ3v) is 11.3. The number of alkyl halides is 6. The minimum absolute atomic E-state index is 0.0838. The van der Waals surface area contributed by atoms with Crippen LogP contribution in [-0.4, -0.2) is 66.4 Å². The number of aromatic hydroxyl groups is 2. The van der Waals surface area contributed by atoms with Crippen LogP contribution in [0.1, 0.15) is 69.7 Å². The lowest BCUT2D eigenvalue weighted by Gasteiger charge is -2.33. The van der Waals surface area contributed by atoms with Crippen LogP contribution in [0.25, 0.3) is 0 Å². The smallest absolute Gasteiger partial charge is 0.416 e. The highest BCUT2D eigenvalue weighted by Crippen LogP contribution is 2.47. The number of fused-ring (bicyclic) bond motifs is 2. The first-order chi connectivity index (χ1) is 31.5. The topological polar surface area (TPSA) is 192 Å². The number of aromatic nitrogens is 4. The van der Waals surface area contributed by atoms with Crippen molar-refractivity contribution in [2.24, 2.45) is 0 Å². The van der Waals surface area contributed by atoms with E-state index < -0.39 is 47.6 Å². The van der Waals surface area contributed by atoms with E-state index in [9.17, 15) is 56.7 Å². The molecule has 338 valence electrons. The number of urea groups is 2. The summed E-state index contributed by atoms with van der Waals surface area (Å²) in [4.78, 5) is 39.6. The van der Waals surface area contributed by atoms with E-state index in [4.69, 9.17) is 0 Å². The molecule has 4 amide bonds. The Labute approximate surface area is 372 Å². The first-order valence-corrected chi connectivity index (χ1v) is 20.3. The van der Waals surface area contributed by atoms with Gasteiger partial charge in [0.25, 0.3) is 0 Å². The first kappa shape index (κ1) is 44.6. The van der Waals surface area contributed by atoms with Gasteiger partial charge in [0.1, 0.15) is 23.5 Å². The Morgan fingerprint density at radius 3 is 1.42 bits per heavy atom. The molecule has 2 aliphatic heterocycles. The van der Waals surface area contributed by atoms with Gasteiger partial charge >= 0.3 is 24.4 Å². The maximum atomic E-state index is 13.7. The molecular formula is C45H37F6N11O4. The highest BCUT2D eigenvalue weighted by atomic mass is 19.4. The van der Waals surface area contributed by atoms with Crippen LogP contribution in [0.2, 0.25) is 0 Å². The lowest BCUT2D eigenvalue weighted by atomic mass is 9.98. The standard InChI is InChI=1S/C45H37F6N11O4/c1-58(14-4-16-59-24-34-36(40(59)63)38(26-10-12-30(20-52)54-22-26)56-42(65)61(34)32-8-2-6-28(18-32)44(46,47)48)15-5-17-60-25-35-37(41(60)64)39(27-11-13-31(21-53)55-23-27)57-43(66)62(35)33-9-3-7-29(19-33)45(49,50)51/h2-3,6-13,18-19,22-25,38-39,63-64H,4-5,14-17H2,1H3,(H,56,65)(H,57,66)/t38-,39-/m1/s1. The Balaban J connectivity index is 0.996. The van der Waals surface area contributed by atoms with Crippen LogP contribution in [-0.2, 0) is 25.4 Å². The van der Waals surface area contributed by atoms with Crippen LogP contribution in [0.5, 0.6) is 11.8 Å². The van der Waals surface area contributed by atoms with Gasteiger partial charge in [0.2, 0.25) is 0 Å². The lowest BCUT2D eigenvalue weighted by Crippen LogP contribution is -2.44. The number of nitrogens with zero attached hydrogens (tertiary/aromatic N) is 9. The Bertz CT molecular complexity index is 2700. The Morgan fingerprint density at radius 1 is 0.667 bits per heavy atom. The molecule has 4 N–H and O–H groups in total. The van der Waals surface area contributed by atoms with Gasteiger partial charge in [0.15, 0.2) is 11.8 Å². The number of hydrogen-bond acceptors (Lipinski definition) is 9. The molecule has 66 heavy (non-hydrogen) atoms. The number of aryl methyl sites for hydroxylation is 2. The predicted octanol–water partition coefficient (Wildman–Crippen LogP) is 8.59. The molecule has 4 aromatic heterocycles. The highest BCUT2D eigenvalue weighted by molar-refractivity contribution is 6.04. The van der Waals surface area contributed by atoms with Crippen molar-refractivity contribution in [2.45, 2.75) is 50.4 Å². The minimum atomic E-state index is -4.69. The van der Waals surface area contributed by atoms with Gasteiger partial charge in [-0.05, 0) is 92.6 Å². The van der Waals surface area contributed by atoms with Crippen LogP contribution in [0, 0.1) is 22.7 Å². The van der Waals surface area contributed by atoms with Crippen LogP contribution in [0.3, 0.4) is 0 Å². The zero-order chi connectivity index (χ0) is 47.1. The first-order valence-electron chi connectivity index (χ1n) is 20.3. The maximum Gasteiger partial charge on any atom is 0.416 e. The summed E-state index contributed by atoms with van der Waals surface area (Å²) in [6.07, 6.45) is -2.74. The van der Waals surface area contributed by atoms with E-state index in [1.807, 2.05) is 24.1 Å². The van der Waals surface area contributed by atoms with E-state index in [0.29, 0.717) is 37.1 Å². The number of nitrogens with one attached hydrogen (secondary N) is 2. The van der Waals surface area contributed by atoms with E-state index in [-0.39, 0.29) is 70.1 Å². The molecule has 6 heterocycles. The van der Waals surface area contributed by atoms with E-state index >= 15 is 0 Å². The number of carbonyl (C=O) groups is 2. The molecule has 15 nitrogen and oxygen atoms in total. The maximum absolute atomic E-state index is 13.7. The average Bonchev–Trinajstić information content (AvgIpc) is 3.79. The van der Waals surface area contributed by atoms with Crippen LogP contribution in [0.4, 0.5) is 58.7 Å². The number of hydrogen-bond donors (Lipinski definition) is 4. The molecular weight excluding hydrogens is 873 g/mol. The third-order valence-electron chi connectivity index (χ3n) is 11.3. The second-order valence-corrected chi connectivity index (χ2v) is 15.6. The fourth-order valence-corrected chi connectivity index (χ4v) is 8.16. The minimum Gasteiger partial charge on any atom is -0.494 e. The van der Waals surface area contributed by atoms with E-state index in [0.717, 1.165) is 34.1 Å². The van der Waals surface area contributed by atoms with Gasteiger partial charge in [-0.15, -0.1) is 0 Å². The average molecular weight is 910 g/mol. The molecule has 2 atom stereocenters. The number of carbonyl (C=O) groups excluding carboxylic acids is 2. The van der Waals surface area contributed by atoms with E-state index in [1.165, 1.54) is 70.3 Å². The molecule has 0 fully saturated rings. The number of benzene rings is 2. The molecule has 0 saturated heterocycles. The van der Waals surface area contributed by atoms with Gasteiger partial charge in [-0.2, -0.15) is 36.9 Å². The van der Waals surface area contributed by atoms with Crippen LogP contribution in [0.15, 0.2) is 97.6 Å². The summed E-state index contributed by atoms with van der Waals surface area (Å²) in [5.74, 6) is -0.485. The number of anilines is 4. The summed E-state index contributed by atoms with van der Waals surface area (Å²) in [6, 6.07) is 14.9. The van der Waals surface area contributed by atoms with Gasteiger partial charge in [-0.3, -0.25) is 9.80 Å². The summed E-state index contributed by atoms with van der Waals surface area (Å²) >= 11 is 0. The normalized spacial score (nSPS) is 16.0. The van der Waals surface area contributed by atoms with Crippen molar-refractivity contribution in [3.8, 4) is 23.9 Å². The molecule has 8 rings (SSSR count). The van der Waals surface area contributed by atoms with E-state index in [1.54, 1.807) is 12.1 Å². The molecule has 2 aromatic carbocycles. The number of halogens is 6. The fraction of sp³-hybridized carbons (Fsp3) is 0.244. The number of amides is 4. The van der Waals surface area contributed by atoms with Gasteiger partial charge in [-0.1, -0.05) is 24.3 Å². The third kappa shape index (κ3) is 8.63. The van der Waals surface area contributed by atoms with Crippen LogP contribution < -0.4 is 20.4 Å². The molecule has 0 unspecified atom stereocenters. The second kappa shape index (κ2) is 17.5. The summed E-state index contributed by atoms with van der Waals surface area (Å²) in [5.41, 5.74) is -0.332. The van der Waals surface area contributed by atoms with E-state index in [2.05, 4.69) is 20.6 Å². The predicted molar refractivity (Wildman–Crippen MR) is 225 cm³/mol. The number of nitriles is 2. The fourth-order valence-electron chi connectivity index (χ4n) is 8.16. The zero-order valence-electron chi connectivity index (χ0n) is 34.6. The molecule has 2 aliphatic rings. The summed E-state index contributed by atoms with van der Waals surface area (Å²) in [7, 11) is 1.85. The van der Waals surface area contributed by atoms with Crippen molar-refractivity contribution in [3.05, 3.63) is 142 Å². The molecule has 0 saturated carbocycles. The van der Waals surface area contributed by atoms with Gasteiger partial charge in [-0.25, -0.2) is 19.6 Å². The number of rotatable bonds is 12. The van der Waals surface area contributed by atoms with Gasteiger partial charge in [0.05, 0.1) is 57.1 Å². The van der Waals surface area contributed by atoms with Crippen molar-refractivity contribution >= 4 is 34.8 Å². The van der Waals surface area contributed by atoms with Crippen molar-refractivity contribution < 1.29 is 46.1 Å². The van der Waals surface area contributed by atoms with Crippen LogP contribution >= 0.6 is 0 Å². The summed E-state index contributed by atoms with van der Waals surface area (Å²) < 4.78 is 85.4. The van der Waals surface area contributed by atoms with Gasteiger partial charge in [0, 0.05) is 37.9 Å². The van der Waals surface area contributed by atoms with Crippen molar-refractivity contribution in [2.75, 3.05) is 29.9 Å².